The van der Waals surface area contributed by atoms with Crippen LogP contribution in [0.15, 0.2) is 59.1 Å². The number of halogens is 2. The molecule has 1 spiro atoms. The fourth-order valence-corrected chi connectivity index (χ4v) is 7.82. The number of nitrogens with zero attached hydrogens (tertiary/aromatic N) is 3. The molecule has 5 nitrogen and oxygen atoms in total. The Morgan fingerprint density at radius 2 is 1.56 bits per heavy atom. The molecule has 0 aromatic heterocycles. The van der Waals surface area contributed by atoms with Crippen molar-refractivity contribution in [2.45, 2.75) is 57.4 Å². The van der Waals surface area contributed by atoms with Gasteiger partial charge < -0.3 is 14.7 Å². The molecule has 3 aliphatic heterocycles. The summed E-state index contributed by atoms with van der Waals surface area (Å²) in [4.78, 5) is 33.7. The summed E-state index contributed by atoms with van der Waals surface area (Å²) in [5.41, 5.74) is 2.38. The molecule has 0 bridgehead atoms. The minimum atomic E-state index is -0.176. The van der Waals surface area contributed by atoms with Crippen LogP contribution in [0, 0.1) is 17.3 Å². The summed E-state index contributed by atoms with van der Waals surface area (Å²) in [6, 6.07) is 19.1. The monoisotopic (exact) mass is 613 g/mol. The van der Waals surface area contributed by atoms with Gasteiger partial charge in [-0.25, -0.2) is 0 Å². The first-order chi connectivity index (χ1) is 18.5. The molecule has 4 aliphatic rings. The SMILES string of the molecule is Cl.O=C(C1CCCC1)N1C[C@H](CN2CCC3(CC2)CCN(Cc2ccc(Br)cc2)C3=O)[C@@H](c2ccccc2)C1. The van der Waals surface area contributed by atoms with Gasteiger partial charge >= 0.3 is 0 Å². The van der Waals surface area contributed by atoms with Gasteiger partial charge in [-0.15, -0.1) is 12.4 Å². The summed E-state index contributed by atoms with van der Waals surface area (Å²) in [6.07, 6.45) is 7.42. The summed E-state index contributed by atoms with van der Waals surface area (Å²) in [5.74, 6) is 1.84. The lowest BCUT2D eigenvalue weighted by Gasteiger charge is -2.39. The Hall–Kier alpha value is -1.89. The fourth-order valence-electron chi connectivity index (χ4n) is 7.56. The van der Waals surface area contributed by atoms with Crippen molar-refractivity contribution in [2.75, 3.05) is 39.3 Å². The van der Waals surface area contributed by atoms with Gasteiger partial charge in [0.2, 0.25) is 11.8 Å². The lowest BCUT2D eigenvalue weighted by Crippen LogP contribution is -2.46. The number of hydrogen-bond acceptors (Lipinski definition) is 3. The predicted octanol–water partition coefficient (Wildman–Crippen LogP) is 6.12. The standard InChI is InChI=1S/C32H40BrN3O2.ClH/c33-28-12-10-24(11-13-28)20-35-19-16-32(31(35)38)14-17-34(18-15-32)21-27-22-36(30(37)26-8-4-5-9-26)23-29(27)25-6-2-1-3-7-25;/h1-3,6-7,10-13,26-27,29H,4-5,8-9,14-23H2;1H/t27-,29+;/m0./s1. The van der Waals surface area contributed by atoms with Gasteiger partial charge in [0.1, 0.15) is 0 Å². The number of carbonyl (C=O) groups is 2. The minimum absolute atomic E-state index is 0. The van der Waals surface area contributed by atoms with Gasteiger partial charge in [-0.05, 0) is 74.4 Å². The lowest BCUT2D eigenvalue weighted by molar-refractivity contribution is -0.139. The van der Waals surface area contributed by atoms with Gasteiger partial charge in [0.15, 0.2) is 0 Å². The van der Waals surface area contributed by atoms with Crippen LogP contribution in [0.2, 0.25) is 0 Å². The van der Waals surface area contributed by atoms with E-state index in [-0.39, 0.29) is 23.7 Å². The Labute approximate surface area is 247 Å². The van der Waals surface area contributed by atoms with E-state index >= 15 is 0 Å². The molecule has 0 N–H and O–H groups in total. The zero-order valence-corrected chi connectivity index (χ0v) is 25.2. The van der Waals surface area contributed by atoms with Crippen LogP contribution >= 0.6 is 28.3 Å². The van der Waals surface area contributed by atoms with Crippen LogP contribution in [0.5, 0.6) is 0 Å². The molecule has 1 saturated carbocycles. The molecule has 3 saturated heterocycles. The molecule has 1 aliphatic carbocycles. The van der Waals surface area contributed by atoms with E-state index in [2.05, 4.69) is 85.2 Å². The van der Waals surface area contributed by atoms with Crippen LogP contribution in [-0.4, -0.2) is 65.8 Å². The average Bonchev–Trinajstić information content (AvgIpc) is 3.69. The summed E-state index contributed by atoms with van der Waals surface area (Å²) in [6.45, 7) is 6.27. The van der Waals surface area contributed by atoms with Crippen LogP contribution in [0.25, 0.3) is 0 Å². The van der Waals surface area contributed by atoms with E-state index < -0.39 is 0 Å². The zero-order valence-electron chi connectivity index (χ0n) is 22.8. The maximum Gasteiger partial charge on any atom is 0.229 e. The summed E-state index contributed by atoms with van der Waals surface area (Å²) >= 11 is 3.50. The molecule has 4 fully saturated rings. The second-order valence-electron chi connectivity index (χ2n) is 12.2. The Morgan fingerprint density at radius 1 is 0.897 bits per heavy atom. The molecule has 6 rings (SSSR count). The zero-order chi connectivity index (χ0) is 26.1. The van der Waals surface area contributed by atoms with Gasteiger partial charge in [-0.2, -0.15) is 0 Å². The molecular weight excluding hydrogens is 574 g/mol. The van der Waals surface area contributed by atoms with Gasteiger partial charge in [0.05, 0.1) is 5.41 Å². The van der Waals surface area contributed by atoms with Crippen molar-refractivity contribution >= 4 is 40.2 Å². The third kappa shape index (κ3) is 6.08. The number of likely N-dealkylation sites (tertiary alicyclic amines) is 3. The highest BCUT2D eigenvalue weighted by Crippen LogP contribution is 2.43. The molecule has 3 heterocycles. The van der Waals surface area contributed by atoms with Crippen LogP contribution in [-0.2, 0) is 16.1 Å². The van der Waals surface area contributed by atoms with Crippen LogP contribution in [0.4, 0.5) is 0 Å². The first-order valence-electron chi connectivity index (χ1n) is 14.6. The normalized spacial score (nSPS) is 25.4. The minimum Gasteiger partial charge on any atom is -0.341 e. The van der Waals surface area contributed by atoms with Crippen molar-refractivity contribution in [1.29, 1.82) is 0 Å². The van der Waals surface area contributed by atoms with E-state index in [4.69, 9.17) is 0 Å². The van der Waals surface area contributed by atoms with Gasteiger partial charge in [-0.3, -0.25) is 9.59 Å². The number of piperidine rings is 1. The third-order valence-electron chi connectivity index (χ3n) is 9.88. The molecule has 0 unspecified atom stereocenters. The highest BCUT2D eigenvalue weighted by atomic mass is 79.9. The van der Waals surface area contributed by atoms with E-state index in [1.54, 1.807) is 0 Å². The number of hydrogen-bond donors (Lipinski definition) is 0. The number of benzene rings is 2. The van der Waals surface area contributed by atoms with E-state index in [1.807, 2.05) is 0 Å². The van der Waals surface area contributed by atoms with Crippen LogP contribution in [0.1, 0.15) is 62.0 Å². The van der Waals surface area contributed by atoms with Gasteiger partial charge in [0.25, 0.3) is 0 Å². The van der Waals surface area contributed by atoms with Crippen molar-refractivity contribution < 1.29 is 9.59 Å². The quantitative estimate of drug-likeness (QED) is 0.394. The van der Waals surface area contributed by atoms with Crippen molar-refractivity contribution in [1.82, 2.24) is 14.7 Å². The Kier molecular flexibility index (Phi) is 9.04. The lowest BCUT2D eigenvalue weighted by atomic mass is 9.76. The molecule has 0 radical (unpaired) electrons. The van der Waals surface area contributed by atoms with Crippen LogP contribution < -0.4 is 0 Å². The van der Waals surface area contributed by atoms with Crippen molar-refractivity contribution in [3.05, 3.63) is 70.2 Å². The van der Waals surface area contributed by atoms with Gasteiger partial charge in [0, 0.05) is 49.0 Å². The summed E-state index contributed by atoms with van der Waals surface area (Å²) < 4.78 is 1.07. The Bertz CT molecular complexity index is 1130. The molecule has 39 heavy (non-hydrogen) atoms. The summed E-state index contributed by atoms with van der Waals surface area (Å²) in [7, 11) is 0. The van der Waals surface area contributed by atoms with E-state index in [1.165, 1.54) is 24.0 Å². The van der Waals surface area contributed by atoms with Crippen molar-refractivity contribution in [3.63, 3.8) is 0 Å². The molecule has 7 heteroatoms. The smallest absolute Gasteiger partial charge is 0.229 e. The number of rotatable bonds is 6. The number of amides is 2. The van der Waals surface area contributed by atoms with Crippen molar-refractivity contribution in [3.8, 4) is 0 Å². The number of carbonyl (C=O) groups excluding carboxylic acids is 2. The molecule has 2 aromatic rings. The van der Waals surface area contributed by atoms with Crippen LogP contribution in [0.3, 0.4) is 0 Å². The molecular formula is C32H41BrClN3O2. The third-order valence-corrected chi connectivity index (χ3v) is 10.4. The second kappa shape index (κ2) is 12.3. The molecule has 2 aromatic carbocycles. The van der Waals surface area contributed by atoms with Gasteiger partial charge in [-0.1, -0.05) is 71.2 Å². The largest absolute Gasteiger partial charge is 0.341 e. The molecule has 2 atom stereocenters. The maximum absolute atomic E-state index is 13.5. The Balaban J connectivity index is 0.00000308. The molecule has 2 amide bonds. The van der Waals surface area contributed by atoms with E-state index in [0.29, 0.717) is 30.2 Å². The predicted molar refractivity (Wildman–Crippen MR) is 161 cm³/mol. The van der Waals surface area contributed by atoms with Crippen molar-refractivity contribution in [2.24, 2.45) is 17.3 Å². The van der Waals surface area contributed by atoms with E-state index in [9.17, 15) is 9.59 Å². The highest BCUT2D eigenvalue weighted by Gasteiger charge is 2.48. The fraction of sp³-hybridized carbons (Fsp3) is 0.562. The molecule has 210 valence electrons. The average molecular weight is 615 g/mol. The highest BCUT2D eigenvalue weighted by molar-refractivity contribution is 9.10. The summed E-state index contributed by atoms with van der Waals surface area (Å²) in [5, 5.41) is 0. The topological polar surface area (TPSA) is 43.9 Å². The first-order valence-corrected chi connectivity index (χ1v) is 15.4. The van der Waals surface area contributed by atoms with E-state index in [0.717, 1.165) is 75.8 Å². The second-order valence-corrected chi connectivity index (χ2v) is 13.1. The maximum atomic E-state index is 13.5. The Morgan fingerprint density at radius 3 is 2.26 bits per heavy atom. The first kappa shape index (κ1) is 28.6.